The Morgan fingerprint density at radius 2 is 0.929 bits per heavy atom. The summed E-state index contributed by atoms with van der Waals surface area (Å²) >= 11 is 0. The standard InChI is InChI=1S/C18H23N5O5/c19-4-1-9-26-16(14-24-12-7-22)18(28-11-3-6-21)17(15-25-13-8-23)27-10-2-5-20/h16-18H,1-3,9-15H2. The molecule has 150 valence electrons. The van der Waals surface area contributed by atoms with E-state index in [2.05, 4.69) is 0 Å². The Morgan fingerprint density at radius 1 is 0.536 bits per heavy atom. The van der Waals surface area contributed by atoms with Gasteiger partial charge in [-0.3, -0.25) is 0 Å². The number of nitriles is 5. The Kier molecular flexibility index (Phi) is 17.2. The molecule has 0 aromatic heterocycles. The lowest BCUT2D eigenvalue weighted by Gasteiger charge is -2.33. The predicted molar refractivity (Wildman–Crippen MR) is 92.8 cm³/mol. The highest BCUT2D eigenvalue weighted by molar-refractivity contribution is 4.84. The molecular weight excluding hydrogens is 366 g/mol. The largest absolute Gasteiger partial charge is 0.372 e. The first kappa shape index (κ1) is 25.2. The molecule has 0 saturated carbocycles. The van der Waals surface area contributed by atoms with Crippen LogP contribution in [-0.4, -0.2) is 64.6 Å². The Bertz CT molecular complexity index is 526. The minimum atomic E-state index is -0.761. The smallest absolute Gasteiger partial charge is 0.133 e. The van der Waals surface area contributed by atoms with Gasteiger partial charge in [-0.05, 0) is 0 Å². The van der Waals surface area contributed by atoms with E-state index in [0.717, 1.165) is 0 Å². The maximum Gasteiger partial charge on any atom is 0.133 e. The molecule has 10 heteroatoms. The highest BCUT2D eigenvalue weighted by atomic mass is 16.6. The van der Waals surface area contributed by atoms with Crippen LogP contribution < -0.4 is 0 Å². The van der Waals surface area contributed by atoms with E-state index < -0.39 is 18.3 Å². The van der Waals surface area contributed by atoms with Crippen LogP contribution in [0.15, 0.2) is 0 Å². The van der Waals surface area contributed by atoms with E-state index in [1.54, 1.807) is 0 Å². The first-order valence-corrected chi connectivity index (χ1v) is 8.60. The van der Waals surface area contributed by atoms with Crippen molar-refractivity contribution in [2.24, 2.45) is 0 Å². The van der Waals surface area contributed by atoms with E-state index in [1.807, 2.05) is 30.3 Å². The lowest BCUT2D eigenvalue weighted by molar-refractivity contribution is -0.165. The monoisotopic (exact) mass is 389 g/mol. The highest BCUT2D eigenvalue weighted by Gasteiger charge is 2.33. The second-order valence-electron chi connectivity index (χ2n) is 5.22. The van der Waals surface area contributed by atoms with E-state index in [1.165, 1.54) is 0 Å². The summed E-state index contributed by atoms with van der Waals surface area (Å²) in [7, 11) is 0. The zero-order valence-electron chi connectivity index (χ0n) is 15.6. The van der Waals surface area contributed by atoms with E-state index in [9.17, 15) is 0 Å². The number of ether oxygens (including phenoxy) is 5. The molecule has 0 bridgehead atoms. The van der Waals surface area contributed by atoms with Gasteiger partial charge in [-0.25, -0.2) is 0 Å². The van der Waals surface area contributed by atoms with Gasteiger partial charge < -0.3 is 23.7 Å². The number of nitrogens with zero attached hydrogens (tertiary/aromatic N) is 5. The molecule has 0 aromatic rings. The van der Waals surface area contributed by atoms with E-state index in [4.69, 9.17) is 50.0 Å². The lowest BCUT2D eigenvalue weighted by Crippen LogP contribution is -2.47. The van der Waals surface area contributed by atoms with Gasteiger partial charge in [0, 0.05) is 0 Å². The molecule has 0 spiro atoms. The van der Waals surface area contributed by atoms with Gasteiger partial charge >= 0.3 is 0 Å². The van der Waals surface area contributed by atoms with Gasteiger partial charge in [0.25, 0.3) is 0 Å². The molecule has 0 saturated heterocycles. The van der Waals surface area contributed by atoms with Crippen LogP contribution in [-0.2, 0) is 23.7 Å². The van der Waals surface area contributed by atoms with Crippen molar-refractivity contribution in [2.75, 3.05) is 46.2 Å². The van der Waals surface area contributed by atoms with Crippen molar-refractivity contribution < 1.29 is 23.7 Å². The van der Waals surface area contributed by atoms with E-state index in [0.29, 0.717) is 0 Å². The van der Waals surface area contributed by atoms with Crippen molar-refractivity contribution in [1.29, 1.82) is 26.3 Å². The van der Waals surface area contributed by atoms with Gasteiger partial charge in [-0.15, -0.1) is 0 Å². The molecule has 0 heterocycles. The fraction of sp³-hybridized carbons (Fsp3) is 0.722. The van der Waals surface area contributed by atoms with Gasteiger partial charge in [-0.1, -0.05) is 0 Å². The van der Waals surface area contributed by atoms with E-state index >= 15 is 0 Å². The van der Waals surface area contributed by atoms with Crippen molar-refractivity contribution in [3.8, 4) is 30.3 Å². The lowest BCUT2D eigenvalue weighted by atomic mass is 10.1. The van der Waals surface area contributed by atoms with Crippen LogP contribution >= 0.6 is 0 Å². The van der Waals surface area contributed by atoms with Gasteiger partial charge in [0.05, 0.1) is 82.6 Å². The third-order valence-corrected chi connectivity index (χ3v) is 3.25. The van der Waals surface area contributed by atoms with Crippen LogP contribution in [0.1, 0.15) is 19.3 Å². The molecule has 0 fully saturated rings. The van der Waals surface area contributed by atoms with Crippen LogP contribution in [0.3, 0.4) is 0 Å². The molecule has 0 aromatic carbocycles. The topological polar surface area (TPSA) is 165 Å². The molecule has 0 rings (SSSR count). The SMILES string of the molecule is N#CCCOC(COCC#N)C(OCCC#N)C(COCC#N)OCCC#N. The molecule has 2 unspecified atom stereocenters. The summed E-state index contributed by atoms with van der Waals surface area (Å²) in [6, 6.07) is 9.60. The van der Waals surface area contributed by atoms with Gasteiger partial charge in [-0.2, -0.15) is 26.3 Å². The zero-order valence-corrected chi connectivity index (χ0v) is 15.6. The second kappa shape index (κ2) is 19.0. The van der Waals surface area contributed by atoms with Crippen molar-refractivity contribution >= 4 is 0 Å². The zero-order chi connectivity index (χ0) is 20.9. The van der Waals surface area contributed by atoms with E-state index in [-0.39, 0.29) is 65.5 Å². The van der Waals surface area contributed by atoms with Crippen molar-refractivity contribution in [2.45, 2.75) is 37.6 Å². The van der Waals surface area contributed by atoms with Crippen LogP contribution in [0.5, 0.6) is 0 Å². The Hall–Kier alpha value is -2.75. The summed E-state index contributed by atoms with van der Waals surface area (Å²) in [5, 5.41) is 43.5. The first-order valence-electron chi connectivity index (χ1n) is 8.60. The van der Waals surface area contributed by atoms with Crippen LogP contribution in [0.2, 0.25) is 0 Å². The molecule has 28 heavy (non-hydrogen) atoms. The number of hydrogen-bond acceptors (Lipinski definition) is 10. The van der Waals surface area contributed by atoms with Crippen molar-refractivity contribution in [1.82, 2.24) is 0 Å². The average Bonchev–Trinajstić information content (AvgIpc) is 2.70. The molecule has 10 nitrogen and oxygen atoms in total. The minimum Gasteiger partial charge on any atom is -0.372 e. The second-order valence-corrected chi connectivity index (χ2v) is 5.22. The number of hydrogen-bond donors (Lipinski definition) is 0. The third kappa shape index (κ3) is 12.6. The van der Waals surface area contributed by atoms with Crippen LogP contribution in [0, 0.1) is 56.7 Å². The fourth-order valence-electron chi connectivity index (χ4n) is 2.12. The molecule has 0 N–H and O–H groups in total. The van der Waals surface area contributed by atoms with Crippen molar-refractivity contribution in [3.63, 3.8) is 0 Å². The summed E-state index contributed by atoms with van der Waals surface area (Å²) in [5.41, 5.74) is 0. The molecular formula is C18H23N5O5. The summed E-state index contributed by atoms with van der Waals surface area (Å²) in [4.78, 5) is 0. The maximum absolute atomic E-state index is 8.76. The summed E-state index contributed by atoms with van der Waals surface area (Å²) in [6.45, 7) is -0.0207. The van der Waals surface area contributed by atoms with Crippen LogP contribution in [0.25, 0.3) is 0 Å². The molecule has 0 aliphatic heterocycles. The predicted octanol–water partition coefficient (Wildman–Crippen LogP) is 0.963. The van der Waals surface area contributed by atoms with Crippen molar-refractivity contribution in [3.05, 3.63) is 0 Å². The first-order chi connectivity index (χ1) is 13.7. The Labute approximate surface area is 164 Å². The summed E-state index contributed by atoms with van der Waals surface area (Å²) in [6.07, 6.45) is -1.76. The minimum absolute atomic E-state index is 0.00737. The third-order valence-electron chi connectivity index (χ3n) is 3.25. The molecule has 0 amide bonds. The molecule has 0 aliphatic rings. The highest BCUT2D eigenvalue weighted by Crippen LogP contribution is 2.16. The Morgan fingerprint density at radius 3 is 1.29 bits per heavy atom. The fourth-order valence-corrected chi connectivity index (χ4v) is 2.12. The van der Waals surface area contributed by atoms with Crippen LogP contribution in [0.4, 0.5) is 0 Å². The average molecular weight is 389 g/mol. The molecule has 0 radical (unpaired) electrons. The number of rotatable bonds is 17. The molecule has 2 atom stereocenters. The normalized spacial score (nSPS) is 13.1. The van der Waals surface area contributed by atoms with Gasteiger partial charge in [0.1, 0.15) is 31.5 Å². The van der Waals surface area contributed by atoms with Gasteiger partial charge in [0.2, 0.25) is 0 Å². The maximum atomic E-state index is 8.76. The molecule has 0 aliphatic carbocycles. The Balaban J connectivity index is 5.33. The van der Waals surface area contributed by atoms with Gasteiger partial charge in [0.15, 0.2) is 0 Å². The summed E-state index contributed by atoms with van der Waals surface area (Å²) in [5.74, 6) is 0. The quantitative estimate of drug-likeness (QED) is 0.327. The summed E-state index contributed by atoms with van der Waals surface area (Å²) < 4.78 is 27.6.